The highest BCUT2D eigenvalue weighted by Crippen LogP contribution is 2.24. The number of hydrogen-bond donors (Lipinski definition) is 1. The maximum atomic E-state index is 12.8. The fourth-order valence-corrected chi connectivity index (χ4v) is 3.79. The van der Waals surface area contributed by atoms with Crippen molar-refractivity contribution in [3.05, 3.63) is 65.9 Å². The second-order valence-electron chi connectivity index (χ2n) is 8.44. The Kier molecular flexibility index (Phi) is 6.45. The molecule has 0 bridgehead atoms. The molecule has 0 aliphatic carbocycles. The first-order valence-electron chi connectivity index (χ1n) is 11.0. The van der Waals surface area contributed by atoms with Crippen molar-refractivity contribution in [2.24, 2.45) is 0 Å². The van der Waals surface area contributed by atoms with E-state index in [0.29, 0.717) is 37.4 Å². The fraction of sp³-hybridized carbons (Fsp3) is 0.320. The lowest BCUT2D eigenvalue weighted by Crippen LogP contribution is -2.48. The molecule has 1 amide bonds. The monoisotopic (exact) mass is 465 g/mol. The van der Waals surface area contributed by atoms with Crippen molar-refractivity contribution < 1.29 is 28.6 Å². The van der Waals surface area contributed by atoms with Gasteiger partial charge < -0.3 is 29.3 Å². The number of nitrogens with one attached hydrogen (secondary N) is 1. The van der Waals surface area contributed by atoms with E-state index < -0.39 is 17.7 Å². The molecule has 0 aromatic heterocycles. The minimum absolute atomic E-state index is 0.0121. The highest BCUT2D eigenvalue weighted by Gasteiger charge is 2.38. The van der Waals surface area contributed by atoms with E-state index in [2.05, 4.69) is 10.2 Å². The predicted octanol–water partition coefficient (Wildman–Crippen LogP) is 2.79. The molecule has 2 fully saturated rings. The summed E-state index contributed by atoms with van der Waals surface area (Å²) in [5.41, 5.74) is 2.18. The van der Waals surface area contributed by atoms with Crippen LogP contribution in [0.25, 0.3) is 0 Å². The topological polar surface area (TPSA) is 97.4 Å². The van der Waals surface area contributed by atoms with E-state index in [1.165, 1.54) is 20.0 Å². The van der Waals surface area contributed by atoms with Gasteiger partial charge in [0, 0.05) is 63.2 Å². The van der Waals surface area contributed by atoms with E-state index in [-0.39, 0.29) is 11.5 Å². The Morgan fingerprint density at radius 2 is 1.53 bits per heavy atom. The number of ether oxygens (including phenoxy) is 3. The molecule has 2 aromatic carbocycles. The largest absolute Gasteiger partial charge is 0.497 e. The van der Waals surface area contributed by atoms with Crippen LogP contribution in [0.15, 0.2) is 60.3 Å². The molecule has 4 rings (SSSR count). The third kappa shape index (κ3) is 5.14. The van der Waals surface area contributed by atoms with E-state index in [1.807, 2.05) is 29.2 Å². The Labute approximate surface area is 197 Å². The van der Waals surface area contributed by atoms with Crippen LogP contribution in [0.2, 0.25) is 0 Å². The van der Waals surface area contributed by atoms with Crippen LogP contribution in [0.3, 0.4) is 0 Å². The first-order valence-corrected chi connectivity index (χ1v) is 11.0. The second kappa shape index (κ2) is 9.46. The van der Waals surface area contributed by atoms with Crippen molar-refractivity contribution >= 4 is 29.2 Å². The molecule has 34 heavy (non-hydrogen) atoms. The van der Waals surface area contributed by atoms with Crippen LogP contribution in [-0.2, 0) is 19.1 Å². The van der Waals surface area contributed by atoms with E-state index in [9.17, 15) is 14.4 Å². The Hall–Kier alpha value is -4.01. The number of carbonyl (C=O) groups is 3. The maximum Gasteiger partial charge on any atom is 0.350 e. The average molecular weight is 466 g/mol. The summed E-state index contributed by atoms with van der Waals surface area (Å²) in [5.74, 6) is -1.99. The minimum atomic E-state index is -1.27. The van der Waals surface area contributed by atoms with Gasteiger partial charge in [0.25, 0.3) is 11.7 Å². The zero-order valence-corrected chi connectivity index (χ0v) is 19.4. The summed E-state index contributed by atoms with van der Waals surface area (Å²) in [5, 5.41) is 2.94. The maximum absolute atomic E-state index is 12.8. The Bertz CT molecular complexity index is 1080. The van der Waals surface area contributed by atoms with Gasteiger partial charge in [0.1, 0.15) is 5.75 Å². The van der Waals surface area contributed by atoms with Gasteiger partial charge in [-0.05, 0) is 48.5 Å². The first-order chi connectivity index (χ1) is 16.3. The molecule has 2 heterocycles. The molecule has 1 N–H and O–H groups in total. The summed E-state index contributed by atoms with van der Waals surface area (Å²) in [6, 6.07) is 14.7. The highest BCUT2D eigenvalue weighted by atomic mass is 16.7. The number of benzene rings is 2. The fourth-order valence-electron chi connectivity index (χ4n) is 3.79. The summed E-state index contributed by atoms with van der Waals surface area (Å²) in [6.45, 7) is 5.68. The molecule has 0 saturated carbocycles. The Morgan fingerprint density at radius 3 is 2.09 bits per heavy atom. The SMILES string of the molecule is COc1ccc(C(=O)N2CCN(c3ccc(NC=C4C(=O)OC(C)(C)OC4=O)cc3)CC2)cc1. The normalized spacial score (nSPS) is 17.6. The number of esters is 2. The second-order valence-corrected chi connectivity index (χ2v) is 8.44. The van der Waals surface area contributed by atoms with Crippen LogP contribution in [0.5, 0.6) is 5.75 Å². The minimum Gasteiger partial charge on any atom is -0.497 e. The molecular weight excluding hydrogens is 438 g/mol. The highest BCUT2D eigenvalue weighted by molar-refractivity contribution is 6.15. The smallest absolute Gasteiger partial charge is 0.350 e. The van der Waals surface area contributed by atoms with Gasteiger partial charge >= 0.3 is 11.9 Å². The molecule has 0 radical (unpaired) electrons. The molecule has 2 saturated heterocycles. The molecule has 2 aliphatic rings. The van der Waals surface area contributed by atoms with E-state index in [4.69, 9.17) is 14.2 Å². The lowest BCUT2D eigenvalue weighted by molar-refractivity contribution is -0.222. The standard InChI is InChI=1S/C25H27N3O6/c1-25(2)33-23(30)21(24(31)34-25)16-26-18-6-8-19(9-7-18)27-12-14-28(15-13-27)22(29)17-4-10-20(32-3)11-5-17/h4-11,16,26H,12-15H2,1-3H3. The number of cyclic esters (lactones) is 2. The number of hydrogen-bond acceptors (Lipinski definition) is 8. The quantitative estimate of drug-likeness (QED) is 0.409. The van der Waals surface area contributed by atoms with E-state index in [1.54, 1.807) is 31.4 Å². The van der Waals surface area contributed by atoms with Gasteiger partial charge in [-0.2, -0.15) is 0 Å². The Morgan fingerprint density at radius 1 is 0.941 bits per heavy atom. The van der Waals surface area contributed by atoms with Crippen LogP contribution in [-0.4, -0.2) is 61.8 Å². The van der Waals surface area contributed by atoms with Crippen molar-refractivity contribution in [1.29, 1.82) is 0 Å². The van der Waals surface area contributed by atoms with Crippen LogP contribution in [0.4, 0.5) is 11.4 Å². The molecule has 9 heteroatoms. The molecule has 0 spiro atoms. The molecule has 0 atom stereocenters. The molecule has 2 aromatic rings. The van der Waals surface area contributed by atoms with Crippen molar-refractivity contribution in [2.75, 3.05) is 43.5 Å². The molecule has 9 nitrogen and oxygen atoms in total. The molecular formula is C25H27N3O6. The van der Waals surface area contributed by atoms with Gasteiger partial charge in [-0.3, -0.25) is 4.79 Å². The van der Waals surface area contributed by atoms with Gasteiger partial charge in [-0.15, -0.1) is 0 Å². The third-order valence-corrected chi connectivity index (χ3v) is 5.64. The number of amides is 1. The lowest BCUT2D eigenvalue weighted by Gasteiger charge is -2.36. The summed E-state index contributed by atoms with van der Waals surface area (Å²) in [4.78, 5) is 40.9. The summed E-state index contributed by atoms with van der Waals surface area (Å²) in [6.07, 6.45) is 1.29. The van der Waals surface area contributed by atoms with Crippen molar-refractivity contribution in [1.82, 2.24) is 4.90 Å². The van der Waals surface area contributed by atoms with E-state index in [0.717, 1.165) is 11.4 Å². The number of anilines is 2. The van der Waals surface area contributed by atoms with Gasteiger partial charge in [0.05, 0.1) is 7.11 Å². The average Bonchev–Trinajstić information content (AvgIpc) is 2.83. The number of rotatable bonds is 5. The number of carbonyl (C=O) groups excluding carboxylic acids is 3. The van der Waals surface area contributed by atoms with Crippen LogP contribution in [0, 0.1) is 0 Å². The summed E-state index contributed by atoms with van der Waals surface area (Å²) < 4.78 is 15.3. The number of methoxy groups -OCH3 is 1. The third-order valence-electron chi connectivity index (χ3n) is 5.64. The Balaban J connectivity index is 1.32. The van der Waals surface area contributed by atoms with Crippen LogP contribution in [0.1, 0.15) is 24.2 Å². The molecule has 0 unspecified atom stereocenters. The van der Waals surface area contributed by atoms with Crippen molar-refractivity contribution in [2.45, 2.75) is 19.6 Å². The number of piperazine rings is 1. The first kappa shape index (κ1) is 23.2. The van der Waals surface area contributed by atoms with Crippen molar-refractivity contribution in [3.8, 4) is 5.75 Å². The van der Waals surface area contributed by atoms with E-state index >= 15 is 0 Å². The zero-order chi connectivity index (χ0) is 24.3. The molecule has 178 valence electrons. The lowest BCUT2D eigenvalue weighted by atomic mass is 10.1. The van der Waals surface area contributed by atoms with Crippen molar-refractivity contribution in [3.63, 3.8) is 0 Å². The van der Waals surface area contributed by atoms with Gasteiger partial charge in [-0.25, -0.2) is 9.59 Å². The molecule has 2 aliphatic heterocycles. The zero-order valence-electron chi connectivity index (χ0n) is 19.4. The summed E-state index contributed by atoms with van der Waals surface area (Å²) >= 11 is 0. The van der Waals surface area contributed by atoms with Gasteiger partial charge in [0.15, 0.2) is 5.57 Å². The van der Waals surface area contributed by atoms with Gasteiger partial charge in [0.2, 0.25) is 0 Å². The predicted molar refractivity (Wildman–Crippen MR) is 126 cm³/mol. The van der Waals surface area contributed by atoms with Crippen LogP contribution < -0.4 is 15.0 Å². The van der Waals surface area contributed by atoms with Crippen LogP contribution >= 0.6 is 0 Å². The van der Waals surface area contributed by atoms with Gasteiger partial charge in [-0.1, -0.05) is 0 Å². The summed E-state index contributed by atoms with van der Waals surface area (Å²) in [7, 11) is 1.60. The number of nitrogens with zero attached hydrogens (tertiary/aromatic N) is 2.